The molecule has 1 aromatic heterocycles. The normalized spacial score (nSPS) is 16.2. The Morgan fingerprint density at radius 3 is 2.69 bits per heavy atom. The van der Waals surface area contributed by atoms with Crippen molar-refractivity contribution in [1.82, 2.24) is 4.98 Å². The minimum absolute atomic E-state index is 0.557. The largest absolute Gasteiger partial charge is 0.284 e. The Morgan fingerprint density at radius 1 is 1.14 bits per heavy atom. The van der Waals surface area contributed by atoms with E-state index >= 15 is 0 Å². The number of aryl methyl sites for hydroxylation is 1. The van der Waals surface area contributed by atoms with E-state index in [0.29, 0.717) is 5.69 Å². The zero-order valence-electron chi connectivity index (χ0n) is 17.3. The lowest BCUT2D eigenvalue weighted by atomic mass is 9.93. The van der Waals surface area contributed by atoms with Crippen molar-refractivity contribution < 1.29 is 8.42 Å². The Balaban J connectivity index is 2.18. The van der Waals surface area contributed by atoms with Crippen molar-refractivity contribution in [1.29, 1.82) is 0 Å². The first kappa shape index (κ1) is 21.1. The van der Waals surface area contributed by atoms with Crippen LogP contribution in [0.25, 0.3) is 11.6 Å². The molecule has 0 amide bonds. The summed E-state index contributed by atoms with van der Waals surface area (Å²) in [5.41, 5.74) is 7.49. The molecule has 0 fully saturated rings. The van der Waals surface area contributed by atoms with Gasteiger partial charge in [0, 0.05) is 17.5 Å². The number of allylic oxidation sites excluding steroid dienone is 5. The van der Waals surface area contributed by atoms with E-state index in [0.717, 1.165) is 48.8 Å². The number of anilines is 1. The van der Waals surface area contributed by atoms with Crippen molar-refractivity contribution >= 4 is 27.4 Å². The van der Waals surface area contributed by atoms with E-state index in [9.17, 15) is 8.42 Å². The number of rotatable bonds is 6. The van der Waals surface area contributed by atoms with Crippen molar-refractivity contribution in [3.8, 4) is 0 Å². The molecule has 1 aliphatic rings. The van der Waals surface area contributed by atoms with E-state index in [2.05, 4.69) is 42.9 Å². The molecular formula is C24H28N2O2S. The second kappa shape index (κ2) is 9.23. The van der Waals surface area contributed by atoms with E-state index in [4.69, 9.17) is 4.98 Å². The molecule has 0 unspecified atom stereocenters. The van der Waals surface area contributed by atoms with Gasteiger partial charge in [0.15, 0.2) is 0 Å². The van der Waals surface area contributed by atoms with Crippen LogP contribution in [0.3, 0.4) is 0 Å². The average Bonchev–Trinajstić information content (AvgIpc) is 2.82. The first-order valence-electron chi connectivity index (χ1n) is 10.0. The predicted octanol–water partition coefficient (Wildman–Crippen LogP) is 5.61. The molecule has 0 saturated heterocycles. The number of sulfonamides is 1. The summed E-state index contributed by atoms with van der Waals surface area (Å²) in [4.78, 5) is 4.72. The third-order valence-electron chi connectivity index (χ3n) is 4.96. The third-order valence-corrected chi connectivity index (χ3v) is 5.57. The molecule has 0 saturated carbocycles. The summed E-state index contributed by atoms with van der Waals surface area (Å²) in [6.07, 6.45) is 13.5. The summed E-state index contributed by atoms with van der Waals surface area (Å²) >= 11 is 0. The highest BCUT2D eigenvalue weighted by Gasteiger charge is 2.19. The minimum Gasteiger partial charge on any atom is -0.284 e. The lowest BCUT2D eigenvalue weighted by Gasteiger charge is -2.13. The van der Waals surface area contributed by atoms with Gasteiger partial charge in [-0.05, 0) is 66.7 Å². The fourth-order valence-corrected chi connectivity index (χ4v) is 4.21. The Labute approximate surface area is 174 Å². The van der Waals surface area contributed by atoms with Gasteiger partial charge in [0.2, 0.25) is 10.0 Å². The molecule has 1 N–H and O–H groups in total. The molecule has 1 aliphatic carbocycles. The molecule has 29 heavy (non-hydrogen) atoms. The zero-order valence-corrected chi connectivity index (χ0v) is 18.1. The lowest BCUT2D eigenvalue weighted by Crippen LogP contribution is -2.09. The van der Waals surface area contributed by atoms with Crippen LogP contribution in [0.5, 0.6) is 0 Å². The third kappa shape index (κ3) is 5.45. The molecule has 1 heterocycles. The standard InChI is InChI=1S/C24H28N2O2S/c1-4-6-12-22-19(5-2)13-14-20-10-8-15-25-24(20)23(22)17-18-9-7-11-21(16-18)26-29(3,27)28/h6-12,15-17,26H,4-5,13-14H2,1-3H3/b12-6-,23-17+. The number of nitrogens with one attached hydrogen (secondary N) is 1. The van der Waals surface area contributed by atoms with E-state index in [1.807, 2.05) is 30.5 Å². The molecule has 0 radical (unpaired) electrons. The van der Waals surface area contributed by atoms with Crippen LogP contribution in [-0.2, 0) is 16.4 Å². The number of benzene rings is 1. The quantitative estimate of drug-likeness (QED) is 0.675. The maximum absolute atomic E-state index is 11.6. The summed E-state index contributed by atoms with van der Waals surface area (Å²) < 4.78 is 25.8. The maximum atomic E-state index is 11.6. The van der Waals surface area contributed by atoms with Crippen molar-refractivity contribution in [2.45, 2.75) is 39.5 Å². The molecule has 0 spiro atoms. The molecule has 4 nitrogen and oxygen atoms in total. The minimum atomic E-state index is -3.32. The Kier molecular flexibility index (Phi) is 6.70. The summed E-state index contributed by atoms with van der Waals surface area (Å²) in [5, 5.41) is 0. The fourth-order valence-electron chi connectivity index (χ4n) is 3.65. The molecule has 152 valence electrons. The summed E-state index contributed by atoms with van der Waals surface area (Å²) in [5.74, 6) is 0. The maximum Gasteiger partial charge on any atom is 0.229 e. The molecule has 2 aromatic rings. The highest BCUT2D eigenvalue weighted by molar-refractivity contribution is 7.92. The predicted molar refractivity (Wildman–Crippen MR) is 122 cm³/mol. The Bertz CT molecular complexity index is 1080. The van der Waals surface area contributed by atoms with Crippen LogP contribution in [0.4, 0.5) is 5.69 Å². The van der Waals surface area contributed by atoms with Crippen LogP contribution in [-0.4, -0.2) is 19.7 Å². The van der Waals surface area contributed by atoms with Crippen molar-refractivity contribution in [3.63, 3.8) is 0 Å². The highest BCUT2D eigenvalue weighted by atomic mass is 32.2. The second-order valence-corrected chi connectivity index (χ2v) is 9.00. The molecular weight excluding hydrogens is 380 g/mol. The fraction of sp³-hybridized carbons (Fsp3) is 0.292. The second-order valence-electron chi connectivity index (χ2n) is 7.25. The monoisotopic (exact) mass is 408 g/mol. The number of nitrogens with zero attached hydrogens (tertiary/aromatic N) is 1. The summed E-state index contributed by atoms with van der Waals surface area (Å²) in [7, 11) is -3.32. The van der Waals surface area contributed by atoms with Gasteiger partial charge in [-0.2, -0.15) is 0 Å². The van der Waals surface area contributed by atoms with Gasteiger partial charge >= 0.3 is 0 Å². The molecule has 0 atom stereocenters. The van der Waals surface area contributed by atoms with Crippen LogP contribution in [0.15, 0.2) is 65.9 Å². The van der Waals surface area contributed by atoms with Crippen LogP contribution in [0.1, 0.15) is 49.9 Å². The van der Waals surface area contributed by atoms with E-state index < -0.39 is 10.0 Å². The van der Waals surface area contributed by atoms with Crippen molar-refractivity contribution in [2.75, 3.05) is 11.0 Å². The average molecular weight is 409 g/mol. The van der Waals surface area contributed by atoms with E-state index in [-0.39, 0.29) is 0 Å². The molecule has 5 heteroatoms. The SMILES string of the molecule is CC/C=C\C1=C(CC)CCc2cccnc2/C1=C/c1cccc(NS(C)(=O)=O)c1. The summed E-state index contributed by atoms with van der Waals surface area (Å²) in [6, 6.07) is 11.6. The van der Waals surface area contributed by atoms with Gasteiger partial charge in [-0.25, -0.2) is 8.42 Å². The number of hydrogen-bond acceptors (Lipinski definition) is 3. The smallest absolute Gasteiger partial charge is 0.229 e. The number of hydrogen-bond donors (Lipinski definition) is 1. The summed E-state index contributed by atoms with van der Waals surface area (Å²) in [6.45, 7) is 4.34. The Morgan fingerprint density at radius 2 is 1.97 bits per heavy atom. The van der Waals surface area contributed by atoms with Gasteiger partial charge in [0.1, 0.15) is 0 Å². The Hall–Kier alpha value is -2.66. The number of aromatic nitrogens is 1. The highest BCUT2D eigenvalue weighted by Crippen LogP contribution is 2.36. The van der Waals surface area contributed by atoms with E-state index in [1.165, 1.54) is 16.7 Å². The van der Waals surface area contributed by atoms with Gasteiger partial charge < -0.3 is 0 Å². The molecule has 3 rings (SSSR count). The van der Waals surface area contributed by atoms with E-state index in [1.54, 1.807) is 6.07 Å². The molecule has 0 aliphatic heterocycles. The molecule has 0 bridgehead atoms. The molecule has 1 aromatic carbocycles. The van der Waals surface area contributed by atoms with Gasteiger partial charge in [-0.1, -0.05) is 49.8 Å². The van der Waals surface area contributed by atoms with Crippen LogP contribution < -0.4 is 4.72 Å². The topological polar surface area (TPSA) is 59.1 Å². The van der Waals surface area contributed by atoms with Gasteiger partial charge in [-0.15, -0.1) is 0 Å². The van der Waals surface area contributed by atoms with Gasteiger partial charge in [0.25, 0.3) is 0 Å². The number of pyridine rings is 1. The number of fused-ring (bicyclic) bond motifs is 1. The lowest BCUT2D eigenvalue weighted by molar-refractivity contribution is 0.607. The van der Waals surface area contributed by atoms with Crippen LogP contribution in [0.2, 0.25) is 0 Å². The zero-order chi connectivity index (χ0) is 20.9. The van der Waals surface area contributed by atoms with Crippen LogP contribution >= 0.6 is 0 Å². The van der Waals surface area contributed by atoms with Crippen LogP contribution in [0, 0.1) is 0 Å². The van der Waals surface area contributed by atoms with Gasteiger partial charge in [0.05, 0.1) is 11.9 Å². The first-order valence-corrected chi connectivity index (χ1v) is 11.9. The van der Waals surface area contributed by atoms with Gasteiger partial charge in [-0.3, -0.25) is 9.71 Å². The van der Waals surface area contributed by atoms with Crippen molar-refractivity contribution in [2.24, 2.45) is 0 Å². The first-order chi connectivity index (χ1) is 13.9. The van der Waals surface area contributed by atoms with Crippen molar-refractivity contribution in [3.05, 3.63) is 82.7 Å².